The molecule has 2 nitrogen and oxygen atoms in total. The van der Waals surface area contributed by atoms with E-state index in [1.807, 2.05) is 0 Å². The topological polar surface area (TPSA) is 12.5 Å². The summed E-state index contributed by atoms with van der Waals surface area (Å²) in [6, 6.07) is 10.5. The lowest BCUT2D eigenvalue weighted by Gasteiger charge is -2.30. The predicted molar refractivity (Wildman–Crippen MR) is 72.1 cm³/mol. The average molecular weight is 239 g/mol. The summed E-state index contributed by atoms with van der Waals surface area (Å²) in [7, 11) is -0.626. The van der Waals surface area contributed by atoms with E-state index in [0.29, 0.717) is 0 Å². The number of hydrogen-bond acceptors (Lipinski definition) is 2. The van der Waals surface area contributed by atoms with E-state index in [1.54, 1.807) is 0 Å². The van der Waals surface area contributed by atoms with Crippen LogP contribution in [0.3, 0.4) is 0 Å². The van der Waals surface area contributed by atoms with Gasteiger partial charge in [0.1, 0.15) is 8.30 Å². The third-order valence-corrected chi connectivity index (χ3v) is 4.72. The Morgan fingerprint density at radius 1 is 1.12 bits per heavy atom. The predicted octanol–water partition coefficient (Wildman–Crippen LogP) is 3.39. The van der Waals surface area contributed by atoms with E-state index in [1.165, 1.54) is 5.30 Å². The normalized spacial score (nSPS) is 13.4. The van der Waals surface area contributed by atoms with Gasteiger partial charge in [0.15, 0.2) is 0 Å². The maximum absolute atomic E-state index is 6.07. The molecule has 90 valence electrons. The summed E-state index contributed by atoms with van der Waals surface area (Å²) in [6.07, 6.45) is 0.270. The molecule has 0 fully saturated rings. The first-order valence-electron chi connectivity index (χ1n) is 5.95. The van der Waals surface area contributed by atoms with Gasteiger partial charge in [0, 0.05) is 18.4 Å². The molecule has 0 saturated carbocycles. The van der Waals surface area contributed by atoms with Crippen molar-refractivity contribution in [3.63, 3.8) is 0 Å². The fourth-order valence-corrected chi connectivity index (χ4v) is 3.45. The molecule has 0 saturated heterocycles. The molecule has 3 heteroatoms. The largest absolute Gasteiger partial charge is 0.337 e. The van der Waals surface area contributed by atoms with Gasteiger partial charge in [-0.25, -0.2) is 0 Å². The molecule has 1 atom stereocenters. The number of benzene rings is 1. The van der Waals surface area contributed by atoms with Crippen molar-refractivity contribution in [3.8, 4) is 0 Å². The molecule has 1 rings (SSSR count). The fourth-order valence-electron chi connectivity index (χ4n) is 1.53. The van der Waals surface area contributed by atoms with Gasteiger partial charge in [-0.1, -0.05) is 44.2 Å². The van der Waals surface area contributed by atoms with E-state index in [9.17, 15) is 0 Å². The molecular weight excluding hydrogens is 217 g/mol. The van der Waals surface area contributed by atoms with Crippen LogP contribution in [0.5, 0.6) is 0 Å². The van der Waals surface area contributed by atoms with Crippen LogP contribution in [0.1, 0.15) is 27.7 Å². The summed E-state index contributed by atoms with van der Waals surface area (Å²) >= 11 is 0. The van der Waals surface area contributed by atoms with Crippen molar-refractivity contribution in [1.29, 1.82) is 0 Å². The minimum atomic E-state index is -0.626. The van der Waals surface area contributed by atoms with Crippen LogP contribution in [0, 0.1) is 0 Å². The van der Waals surface area contributed by atoms with Crippen LogP contribution in [-0.2, 0) is 4.52 Å². The molecular formula is C13H22NOP. The SMILES string of the molecule is CCN(CC)P(OC(C)C)c1ccccc1. The van der Waals surface area contributed by atoms with Crippen molar-refractivity contribution in [1.82, 2.24) is 4.67 Å². The second kappa shape index (κ2) is 7.01. The highest BCUT2D eigenvalue weighted by Crippen LogP contribution is 2.41. The average Bonchev–Trinajstić information content (AvgIpc) is 2.30. The summed E-state index contributed by atoms with van der Waals surface area (Å²) in [6.45, 7) is 10.6. The van der Waals surface area contributed by atoms with Gasteiger partial charge in [0.05, 0.1) is 6.10 Å². The van der Waals surface area contributed by atoms with Gasteiger partial charge in [-0.05, 0) is 13.8 Å². The van der Waals surface area contributed by atoms with Crippen LogP contribution in [0.25, 0.3) is 0 Å². The van der Waals surface area contributed by atoms with Gasteiger partial charge >= 0.3 is 0 Å². The van der Waals surface area contributed by atoms with Crippen LogP contribution < -0.4 is 5.30 Å². The molecule has 0 aliphatic heterocycles. The zero-order chi connectivity index (χ0) is 12.0. The van der Waals surface area contributed by atoms with E-state index >= 15 is 0 Å². The summed E-state index contributed by atoms with van der Waals surface area (Å²) in [4.78, 5) is 0. The van der Waals surface area contributed by atoms with Crippen LogP contribution in [0.4, 0.5) is 0 Å². The van der Waals surface area contributed by atoms with Gasteiger partial charge < -0.3 is 4.52 Å². The number of nitrogens with zero attached hydrogens (tertiary/aromatic N) is 1. The molecule has 0 bridgehead atoms. The molecule has 0 amide bonds. The lowest BCUT2D eigenvalue weighted by Crippen LogP contribution is -2.25. The van der Waals surface area contributed by atoms with Gasteiger partial charge in [-0.15, -0.1) is 0 Å². The maximum Gasteiger partial charge on any atom is 0.137 e. The molecule has 0 aromatic heterocycles. The lowest BCUT2D eigenvalue weighted by molar-refractivity contribution is 0.249. The Balaban J connectivity index is 2.86. The molecule has 0 heterocycles. The zero-order valence-corrected chi connectivity index (χ0v) is 11.6. The Morgan fingerprint density at radius 3 is 2.12 bits per heavy atom. The van der Waals surface area contributed by atoms with E-state index in [2.05, 4.69) is 62.7 Å². The summed E-state index contributed by atoms with van der Waals surface area (Å²) in [5.74, 6) is 0. The second-order valence-electron chi connectivity index (χ2n) is 3.90. The fraction of sp³-hybridized carbons (Fsp3) is 0.538. The standard InChI is InChI=1S/C13H22NOP/c1-5-14(6-2)16(15-12(3)4)13-10-8-7-9-11-13/h7-12H,5-6H2,1-4H3. The second-order valence-corrected chi connectivity index (χ2v) is 5.74. The third kappa shape index (κ3) is 3.86. The van der Waals surface area contributed by atoms with Crippen molar-refractivity contribution in [3.05, 3.63) is 30.3 Å². The van der Waals surface area contributed by atoms with Crippen molar-refractivity contribution < 1.29 is 4.52 Å². The van der Waals surface area contributed by atoms with Crippen LogP contribution >= 0.6 is 8.30 Å². The van der Waals surface area contributed by atoms with Crippen LogP contribution in [0.2, 0.25) is 0 Å². The lowest BCUT2D eigenvalue weighted by atomic mass is 10.4. The van der Waals surface area contributed by atoms with E-state index in [0.717, 1.165) is 13.1 Å². The van der Waals surface area contributed by atoms with Crippen molar-refractivity contribution in [2.24, 2.45) is 0 Å². The van der Waals surface area contributed by atoms with Crippen molar-refractivity contribution >= 4 is 13.6 Å². The Kier molecular flexibility index (Phi) is 5.97. The molecule has 0 radical (unpaired) electrons. The quantitative estimate of drug-likeness (QED) is 0.705. The molecule has 1 aromatic carbocycles. The Morgan fingerprint density at radius 2 is 1.69 bits per heavy atom. The van der Waals surface area contributed by atoms with Crippen LogP contribution in [-0.4, -0.2) is 23.9 Å². The van der Waals surface area contributed by atoms with Gasteiger partial charge in [0.2, 0.25) is 0 Å². The van der Waals surface area contributed by atoms with Crippen molar-refractivity contribution in [2.75, 3.05) is 13.1 Å². The number of rotatable bonds is 6. The van der Waals surface area contributed by atoms with Gasteiger partial charge in [0.25, 0.3) is 0 Å². The minimum absolute atomic E-state index is 0.270. The highest BCUT2D eigenvalue weighted by atomic mass is 31.2. The van der Waals surface area contributed by atoms with E-state index in [-0.39, 0.29) is 6.10 Å². The highest BCUT2D eigenvalue weighted by Gasteiger charge is 2.20. The molecule has 0 aliphatic rings. The first kappa shape index (κ1) is 13.6. The zero-order valence-electron chi connectivity index (χ0n) is 10.7. The minimum Gasteiger partial charge on any atom is -0.337 e. The molecule has 0 aliphatic carbocycles. The maximum atomic E-state index is 6.07. The highest BCUT2D eigenvalue weighted by molar-refractivity contribution is 7.58. The van der Waals surface area contributed by atoms with E-state index in [4.69, 9.17) is 4.52 Å². The van der Waals surface area contributed by atoms with Crippen molar-refractivity contribution in [2.45, 2.75) is 33.8 Å². The first-order valence-corrected chi connectivity index (χ1v) is 7.17. The Hall–Kier alpha value is -0.430. The number of hydrogen-bond donors (Lipinski definition) is 0. The molecule has 1 unspecified atom stereocenters. The van der Waals surface area contributed by atoms with Gasteiger partial charge in [-0.3, -0.25) is 4.67 Å². The third-order valence-electron chi connectivity index (χ3n) is 2.27. The molecule has 16 heavy (non-hydrogen) atoms. The monoisotopic (exact) mass is 239 g/mol. The Labute approximate surface area is 101 Å². The summed E-state index contributed by atoms with van der Waals surface area (Å²) in [5, 5.41) is 1.30. The van der Waals surface area contributed by atoms with E-state index < -0.39 is 8.30 Å². The summed E-state index contributed by atoms with van der Waals surface area (Å²) < 4.78 is 8.46. The van der Waals surface area contributed by atoms with Crippen LogP contribution in [0.15, 0.2) is 30.3 Å². The molecule has 1 aromatic rings. The Bertz CT molecular complexity index is 285. The molecule has 0 spiro atoms. The summed E-state index contributed by atoms with van der Waals surface area (Å²) in [5.41, 5.74) is 0. The molecule has 0 N–H and O–H groups in total. The first-order chi connectivity index (χ1) is 7.69. The van der Waals surface area contributed by atoms with Gasteiger partial charge in [-0.2, -0.15) is 0 Å². The smallest absolute Gasteiger partial charge is 0.137 e.